The summed E-state index contributed by atoms with van der Waals surface area (Å²) in [5.41, 5.74) is 1.68. The van der Waals surface area contributed by atoms with Crippen molar-refractivity contribution in [1.29, 1.82) is 0 Å². The molecule has 4 atom stereocenters. The molecule has 8 heteroatoms. The second kappa shape index (κ2) is 10.3. The molecule has 3 saturated heterocycles. The number of carbonyl (C=O) groups is 3. The molecule has 190 valence electrons. The Hall–Kier alpha value is -2.45. The number of Topliss-reactive ketones (excluding diaryl/α,β-unsaturated/α-hetero) is 1. The van der Waals surface area contributed by atoms with Crippen molar-refractivity contribution in [3.05, 3.63) is 29.8 Å². The summed E-state index contributed by atoms with van der Waals surface area (Å²) in [6, 6.07) is 6.61. The molecule has 4 fully saturated rings. The van der Waals surface area contributed by atoms with Crippen LogP contribution in [0.2, 0.25) is 0 Å². The third-order valence-corrected chi connectivity index (χ3v) is 8.46. The molecular weight excluding hydrogens is 444 g/mol. The molecule has 3 aliphatic heterocycles. The van der Waals surface area contributed by atoms with E-state index in [-0.39, 0.29) is 42.1 Å². The minimum absolute atomic E-state index is 0.0282. The normalized spacial score (nSPS) is 28.4. The van der Waals surface area contributed by atoms with Crippen LogP contribution in [0.15, 0.2) is 24.3 Å². The van der Waals surface area contributed by atoms with Crippen molar-refractivity contribution in [3.63, 3.8) is 0 Å². The zero-order valence-corrected chi connectivity index (χ0v) is 20.9. The number of hydrogen-bond acceptors (Lipinski definition) is 6. The van der Waals surface area contributed by atoms with Gasteiger partial charge in [-0.15, -0.1) is 0 Å². The van der Waals surface area contributed by atoms with E-state index < -0.39 is 12.1 Å². The van der Waals surface area contributed by atoms with Gasteiger partial charge in [0.2, 0.25) is 5.91 Å². The lowest BCUT2D eigenvalue weighted by molar-refractivity contribution is -0.139. The molecule has 0 spiro atoms. The smallest absolute Gasteiger partial charge is 0.251 e. The number of amides is 2. The van der Waals surface area contributed by atoms with Crippen LogP contribution >= 0.6 is 0 Å². The van der Waals surface area contributed by atoms with Crippen LogP contribution in [0.5, 0.6) is 0 Å². The zero-order chi connectivity index (χ0) is 24.5. The molecule has 5 rings (SSSR count). The van der Waals surface area contributed by atoms with Crippen molar-refractivity contribution in [3.8, 4) is 0 Å². The number of nitrogens with zero attached hydrogens (tertiary/aromatic N) is 3. The number of likely N-dealkylation sites (tertiary alicyclic amines) is 1. The van der Waals surface area contributed by atoms with Crippen LogP contribution in [0, 0.1) is 11.8 Å². The van der Waals surface area contributed by atoms with Gasteiger partial charge in [0.1, 0.15) is 18.7 Å². The Labute approximate surface area is 207 Å². The lowest BCUT2D eigenvalue weighted by Crippen LogP contribution is -2.54. The summed E-state index contributed by atoms with van der Waals surface area (Å²) >= 11 is 0. The number of fused-ring (bicyclic) bond motifs is 1. The van der Waals surface area contributed by atoms with E-state index in [0.717, 1.165) is 64.1 Å². The van der Waals surface area contributed by atoms with E-state index in [2.05, 4.69) is 22.0 Å². The fourth-order valence-electron chi connectivity index (χ4n) is 6.34. The van der Waals surface area contributed by atoms with E-state index in [0.29, 0.717) is 12.1 Å². The Bertz CT molecular complexity index is 937. The fourth-order valence-corrected chi connectivity index (χ4v) is 6.34. The summed E-state index contributed by atoms with van der Waals surface area (Å²) in [4.78, 5) is 46.0. The molecule has 1 aliphatic carbocycles. The van der Waals surface area contributed by atoms with Crippen molar-refractivity contribution >= 4 is 23.3 Å². The van der Waals surface area contributed by atoms with Crippen LogP contribution in [0.3, 0.4) is 0 Å². The standard InChI is InChI=1S/C27H38N4O4/c1-3-29-12-14-30(15-13-29)21-10-8-20(9-11-21)26(33)28-23(19-6-4-5-7-19)27(34)31-16-18(2)25-24(31)22(32)17-35-25/h8-11,18-19,23-25H,3-7,12-17H2,1-2H3,(H,28,33)/t18-,23+,24-,25-/m1/s1. The van der Waals surface area contributed by atoms with E-state index in [4.69, 9.17) is 4.74 Å². The van der Waals surface area contributed by atoms with Gasteiger partial charge in [-0.25, -0.2) is 0 Å². The highest BCUT2D eigenvalue weighted by Crippen LogP contribution is 2.35. The average Bonchev–Trinajstić information content (AvgIpc) is 3.62. The molecule has 1 N–H and O–H groups in total. The van der Waals surface area contributed by atoms with Gasteiger partial charge in [0.25, 0.3) is 5.91 Å². The maximum absolute atomic E-state index is 13.7. The number of likely N-dealkylation sites (N-methyl/N-ethyl adjacent to an activating group) is 1. The molecule has 1 aromatic carbocycles. The van der Waals surface area contributed by atoms with Gasteiger partial charge in [-0.3, -0.25) is 14.4 Å². The van der Waals surface area contributed by atoms with E-state index in [1.165, 1.54) is 0 Å². The van der Waals surface area contributed by atoms with E-state index >= 15 is 0 Å². The van der Waals surface area contributed by atoms with Gasteiger partial charge in [0.15, 0.2) is 5.78 Å². The van der Waals surface area contributed by atoms with Crippen LogP contribution in [0.4, 0.5) is 5.69 Å². The molecule has 1 aromatic rings. The van der Waals surface area contributed by atoms with Gasteiger partial charge in [0.05, 0.1) is 6.10 Å². The number of ether oxygens (including phenoxy) is 1. The molecule has 2 amide bonds. The van der Waals surface area contributed by atoms with E-state index in [1.807, 2.05) is 31.2 Å². The monoisotopic (exact) mass is 482 g/mol. The van der Waals surface area contributed by atoms with Gasteiger partial charge >= 0.3 is 0 Å². The second-order valence-corrected chi connectivity index (χ2v) is 10.6. The Morgan fingerprint density at radius 3 is 2.43 bits per heavy atom. The molecule has 0 aromatic heterocycles. The quantitative estimate of drug-likeness (QED) is 0.667. The number of piperazine rings is 1. The summed E-state index contributed by atoms with van der Waals surface area (Å²) in [7, 11) is 0. The molecule has 0 unspecified atom stereocenters. The number of hydrogen-bond donors (Lipinski definition) is 1. The number of benzene rings is 1. The van der Waals surface area contributed by atoms with Crippen LogP contribution in [-0.2, 0) is 14.3 Å². The molecule has 8 nitrogen and oxygen atoms in total. The van der Waals surface area contributed by atoms with Gasteiger partial charge in [-0.1, -0.05) is 26.7 Å². The van der Waals surface area contributed by atoms with Crippen LogP contribution in [0.1, 0.15) is 49.9 Å². The van der Waals surface area contributed by atoms with Crippen molar-refractivity contribution < 1.29 is 19.1 Å². The van der Waals surface area contributed by atoms with Gasteiger partial charge in [0, 0.05) is 49.9 Å². The topological polar surface area (TPSA) is 82.2 Å². The highest BCUT2D eigenvalue weighted by molar-refractivity contribution is 5.99. The Kier molecular flexibility index (Phi) is 7.12. The van der Waals surface area contributed by atoms with Crippen LogP contribution in [-0.4, -0.2) is 91.5 Å². The van der Waals surface area contributed by atoms with Gasteiger partial charge < -0.3 is 24.8 Å². The van der Waals surface area contributed by atoms with Gasteiger partial charge in [-0.05, 0) is 49.6 Å². The molecule has 4 aliphatic rings. The first-order chi connectivity index (χ1) is 17.0. The number of nitrogens with one attached hydrogen (secondary N) is 1. The Morgan fingerprint density at radius 2 is 1.77 bits per heavy atom. The van der Waals surface area contributed by atoms with E-state index in [9.17, 15) is 14.4 Å². The molecule has 0 bridgehead atoms. The molecular formula is C27H38N4O4. The molecule has 35 heavy (non-hydrogen) atoms. The largest absolute Gasteiger partial charge is 0.369 e. The summed E-state index contributed by atoms with van der Waals surface area (Å²) < 4.78 is 5.67. The summed E-state index contributed by atoms with van der Waals surface area (Å²) in [5.74, 6) is -0.168. The second-order valence-electron chi connectivity index (χ2n) is 10.6. The first-order valence-corrected chi connectivity index (χ1v) is 13.3. The highest BCUT2D eigenvalue weighted by atomic mass is 16.5. The van der Waals surface area contributed by atoms with Crippen molar-refractivity contribution in [2.75, 3.05) is 50.8 Å². The lowest BCUT2D eigenvalue weighted by Gasteiger charge is -2.35. The first kappa shape index (κ1) is 24.3. The van der Waals surface area contributed by atoms with Crippen molar-refractivity contribution in [1.82, 2.24) is 15.1 Å². The van der Waals surface area contributed by atoms with Crippen molar-refractivity contribution in [2.45, 2.75) is 57.7 Å². The number of ketones is 1. The third kappa shape index (κ3) is 4.83. The minimum atomic E-state index is -0.605. The summed E-state index contributed by atoms with van der Waals surface area (Å²) in [6.07, 6.45) is 3.74. The predicted octanol–water partition coefficient (Wildman–Crippen LogP) is 1.93. The SMILES string of the molecule is CCN1CCN(c2ccc(C(=O)N[C@H](C(=O)N3C[C@@H](C)[C@H]4OCC(=O)[C@H]43)C3CCCC3)cc2)CC1. The van der Waals surface area contributed by atoms with Gasteiger partial charge in [-0.2, -0.15) is 0 Å². The summed E-state index contributed by atoms with van der Waals surface area (Å²) in [6.45, 7) is 9.93. The maximum Gasteiger partial charge on any atom is 0.251 e. The van der Waals surface area contributed by atoms with Crippen LogP contribution in [0.25, 0.3) is 0 Å². The fraction of sp³-hybridized carbons (Fsp3) is 0.667. The maximum atomic E-state index is 13.7. The Balaban J connectivity index is 1.28. The molecule has 1 saturated carbocycles. The number of anilines is 1. The molecule has 0 radical (unpaired) electrons. The minimum Gasteiger partial charge on any atom is -0.369 e. The number of carbonyl (C=O) groups excluding carboxylic acids is 3. The number of rotatable bonds is 6. The zero-order valence-electron chi connectivity index (χ0n) is 20.9. The van der Waals surface area contributed by atoms with Crippen molar-refractivity contribution in [2.24, 2.45) is 11.8 Å². The first-order valence-electron chi connectivity index (χ1n) is 13.3. The predicted molar refractivity (Wildman–Crippen MR) is 133 cm³/mol. The highest BCUT2D eigenvalue weighted by Gasteiger charge is 2.52. The molecule has 3 heterocycles. The van der Waals surface area contributed by atoms with E-state index in [1.54, 1.807) is 4.90 Å². The lowest BCUT2D eigenvalue weighted by atomic mass is 9.95. The van der Waals surface area contributed by atoms with Crippen LogP contribution < -0.4 is 10.2 Å². The summed E-state index contributed by atoms with van der Waals surface area (Å²) in [5, 5.41) is 3.07. The average molecular weight is 483 g/mol. The Morgan fingerprint density at radius 1 is 1.09 bits per heavy atom. The third-order valence-electron chi connectivity index (χ3n) is 8.46.